The molecule has 13 heteroatoms. The van der Waals surface area contributed by atoms with E-state index in [-0.39, 0.29) is 60.5 Å². The summed E-state index contributed by atoms with van der Waals surface area (Å²) in [6.45, 7) is 14.1. The molecule has 2 heterocycles. The lowest BCUT2D eigenvalue weighted by Crippen LogP contribution is -2.66. The average molecular weight is 896 g/mol. The summed E-state index contributed by atoms with van der Waals surface area (Å²) in [6.07, 6.45) is 1.41. The van der Waals surface area contributed by atoms with Gasteiger partial charge in [0.2, 0.25) is 17.7 Å². The highest BCUT2D eigenvalue weighted by molar-refractivity contribution is 6.31. The molecule has 2 aliphatic rings. The first-order valence-corrected chi connectivity index (χ1v) is 22.1. The van der Waals surface area contributed by atoms with Gasteiger partial charge in [0, 0.05) is 77.8 Å². The molecular formula is C52H55ClN6O6. The van der Waals surface area contributed by atoms with Crippen molar-refractivity contribution in [2.24, 2.45) is 22.2 Å². The molecule has 0 spiro atoms. The molecule has 3 aromatic carbocycles. The van der Waals surface area contributed by atoms with E-state index in [0.717, 1.165) is 11.1 Å². The number of aryl methyl sites for hydroxylation is 1. The van der Waals surface area contributed by atoms with Gasteiger partial charge in [0.25, 0.3) is 0 Å². The lowest BCUT2D eigenvalue weighted by molar-refractivity contribution is -0.196. The Morgan fingerprint density at radius 1 is 0.908 bits per heavy atom. The third kappa shape index (κ3) is 11.2. The molecule has 0 bridgehead atoms. The first-order chi connectivity index (χ1) is 30.7. The standard InChI is InChI=1S/C52H55ClN6O6/c1-50(2,3)46(48(64)59-31-39(60)24-42(59)47(63)57-30-34-12-9-33(27-54)10-13-34)58-45(62)23-21-38-20-16-35(29-56-38)11-8-32-14-17-36(18-15-32)43(61)26-44-51(4,5)49(52(44,6)7)65-40-22-19-37(28-55)41(53)25-40/h9-10,12-20,22,25,29,39,42,44,46,49,60H,21,23-24,26,30-31H2,1-7H3,(H,57,63)(H,58,62)/t39-,42+,44?,46-,49?/m1/s1. The highest BCUT2D eigenvalue weighted by Crippen LogP contribution is 2.61. The van der Waals surface area contributed by atoms with Crippen molar-refractivity contribution in [2.75, 3.05) is 6.54 Å². The van der Waals surface area contributed by atoms with Crippen molar-refractivity contribution in [2.45, 2.75) is 105 Å². The van der Waals surface area contributed by atoms with Crippen molar-refractivity contribution < 1.29 is 29.0 Å². The Labute approximate surface area is 386 Å². The number of carbonyl (C=O) groups is 4. The number of hydrogen-bond donors (Lipinski definition) is 3. The first-order valence-electron chi connectivity index (χ1n) is 21.7. The van der Waals surface area contributed by atoms with Gasteiger partial charge in [-0.05, 0) is 71.8 Å². The number of nitriles is 2. The van der Waals surface area contributed by atoms with E-state index < -0.39 is 35.4 Å². The fourth-order valence-electron chi connectivity index (χ4n) is 9.25. The van der Waals surface area contributed by atoms with E-state index in [9.17, 15) is 29.5 Å². The number of aliphatic hydroxyl groups is 1. The summed E-state index contributed by atoms with van der Waals surface area (Å²) in [4.78, 5) is 59.9. The summed E-state index contributed by atoms with van der Waals surface area (Å²) in [7, 11) is 0. The molecular weight excluding hydrogens is 840 g/mol. The third-order valence-electron chi connectivity index (χ3n) is 12.7. The second-order valence-electron chi connectivity index (χ2n) is 19.2. The van der Waals surface area contributed by atoms with E-state index in [1.54, 1.807) is 66.9 Å². The molecule has 3 amide bonds. The maximum atomic E-state index is 14.0. The molecule has 0 radical (unpaired) electrons. The van der Waals surface area contributed by atoms with Gasteiger partial charge in [0.05, 0.1) is 28.3 Å². The number of ketones is 1. The van der Waals surface area contributed by atoms with Crippen LogP contribution in [0.5, 0.6) is 5.75 Å². The number of nitrogens with zero attached hydrogens (tertiary/aromatic N) is 4. The number of rotatable bonds is 13. The maximum Gasteiger partial charge on any atom is 0.246 e. The van der Waals surface area contributed by atoms with E-state index in [1.807, 2.05) is 39.0 Å². The van der Waals surface area contributed by atoms with E-state index in [0.29, 0.717) is 51.6 Å². The predicted molar refractivity (Wildman–Crippen MR) is 246 cm³/mol. The van der Waals surface area contributed by atoms with E-state index in [2.05, 4.69) is 67.3 Å². The quantitative estimate of drug-likeness (QED) is 0.0914. The molecule has 6 rings (SSSR count). The number of β-amino-alcohol motifs (C(OH)–C–C–N with tert-alkyl or cyclic N) is 1. The van der Waals surface area contributed by atoms with E-state index >= 15 is 0 Å². The minimum absolute atomic E-state index is 0.0314. The summed E-state index contributed by atoms with van der Waals surface area (Å²) in [6, 6.07) is 25.0. The summed E-state index contributed by atoms with van der Waals surface area (Å²) >= 11 is 6.25. The Morgan fingerprint density at radius 3 is 2.15 bits per heavy atom. The highest BCUT2D eigenvalue weighted by atomic mass is 35.5. The van der Waals surface area contributed by atoms with Gasteiger partial charge < -0.3 is 25.4 Å². The number of nitrogens with one attached hydrogen (secondary N) is 2. The molecule has 1 saturated heterocycles. The molecule has 65 heavy (non-hydrogen) atoms. The molecule has 3 N–H and O–H groups in total. The molecule has 2 fully saturated rings. The van der Waals surface area contributed by atoms with Crippen LogP contribution in [0, 0.1) is 56.7 Å². The average Bonchev–Trinajstić information content (AvgIpc) is 3.68. The molecule has 12 nitrogen and oxygen atoms in total. The Kier molecular flexibility index (Phi) is 14.5. The molecule has 0 unspecified atom stereocenters. The van der Waals surface area contributed by atoms with E-state index in [1.165, 1.54) is 4.90 Å². The van der Waals surface area contributed by atoms with Crippen LogP contribution in [0.2, 0.25) is 5.02 Å². The van der Waals surface area contributed by atoms with Crippen LogP contribution in [-0.4, -0.2) is 69.3 Å². The van der Waals surface area contributed by atoms with Crippen molar-refractivity contribution in [3.05, 3.63) is 129 Å². The maximum absolute atomic E-state index is 14.0. The van der Waals surface area contributed by atoms with Crippen LogP contribution in [0.15, 0.2) is 85.1 Å². The van der Waals surface area contributed by atoms with Crippen molar-refractivity contribution >= 4 is 35.1 Å². The number of halogens is 1. The largest absolute Gasteiger partial charge is 0.489 e. The molecule has 3 atom stereocenters. The zero-order chi connectivity index (χ0) is 47.3. The number of benzene rings is 3. The number of amides is 3. The number of likely N-dealkylation sites (tertiary alicyclic amines) is 1. The van der Waals surface area contributed by atoms with Crippen LogP contribution in [0.1, 0.15) is 112 Å². The minimum atomic E-state index is -0.954. The zero-order valence-electron chi connectivity index (χ0n) is 37.9. The number of carbonyl (C=O) groups excluding carboxylic acids is 4. The SMILES string of the molecule is CC1(C)C(CC(=O)c2ccc(C#Cc3ccc(CCC(=O)N[C@H](C(=O)N4C[C@H](O)C[C@H]4C(=O)NCc4ccc(C#N)cc4)C(C)(C)C)nc3)cc2)C(C)(C)C1Oc1ccc(C#N)c(Cl)c1. The molecule has 4 aromatic rings. The summed E-state index contributed by atoms with van der Waals surface area (Å²) < 4.78 is 6.39. The molecule has 1 aromatic heterocycles. The fraction of sp³-hybridized carbons (Fsp3) is 0.404. The van der Waals surface area contributed by atoms with Crippen LogP contribution in [0.4, 0.5) is 0 Å². The third-order valence-corrected chi connectivity index (χ3v) is 13.0. The van der Waals surface area contributed by atoms with Gasteiger partial charge in [0.15, 0.2) is 5.78 Å². The van der Waals surface area contributed by atoms with Gasteiger partial charge in [0.1, 0.15) is 30.0 Å². The summed E-state index contributed by atoms with van der Waals surface area (Å²) in [5, 5.41) is 34.8. The van der Waals surface area contributed by atoms with Gasteiger partial charge in [-0.25, -0.2) is 0 Å². The van der Waals surface area contributed by atoms with Gasteiger partial charge >= 0.3 is 0 Å². The molecule has 336 valence electrons. The number of ether oxygens (including phenoxy) is 1. The molecule has 1 aliphatic heterocycles. The Morgan fingerprint density at radius 2 is 1.55 bits per heavy atom. The van der Waals surface area contributed by atoms with Crippen LogP contribution < -0.4 is 15.4 Å². The summed E-state index contributed by atoms with van der Waals surface area (Å²) in [5.41, 5.74) is 3.08. The predicted octanol–water partition coefficient (Wildman–Crippen LogP) is 7.32. The second-order valence-corrected chi connectivity index (χ2v) is 19.6. The van der Waals surface area contributed by atoms with Crippen LogP contribution in [-0.2, 0) is 27.3 Å². The Balaban J connectivity index is 0.989. The zero-order valence-corrected chi connectivity index (χ0v) is 38.6. The summed E-state index contributed by atoms with van der Waals surface area (Å²) in [5.74, 6) is 5.73. The number of pyridine rings is 1. The number of aromatic nitrogens is 1. The topological polar surface area (TPSA) is 186 Å². The minimum Gasteiger partial charge on any atom is -0.489 e. The van der Waals surface area contributed by atoms with Gasteiger partial charge in [-0.15, -0.1) is 0 Å². The monoisotopic (exact) mass is 894 g/mol. The van der Waals surface area contributed by atoms with Crippen LogP contribution >= 0.6 is 11.6 Å². The highest BCUT2D eigenvalue weighted by Gasteiger charge is 2.63. The number of Topliss-reactive ketones (excluding diaryl/α,β-unsaturated/α-hetero) is 1. The van der Waals surface area contributed by atoms with Crippen molar-refractivity contribution in [3.63, 3.8) is 0 Å². The number of aliphatic hydroxyl groups excluding tert-OH is 1. The van der Waals surface area contributed by atoms with Crippen molar-refractivity contribution in [3.8, 4) is 29.7 Å². The molecule has 1 aliphatic carbocycles. The van der Waals surface area contributed by atoms with Crippen LogP contribution in [0.25, 0.3) is 0 Å². The van der Waals surface area contributed by atoms with E-state index in [4.69, 9.17) is 21.6 Å². The first kappa shape index (κ1) is 47.9. The smallest absolute Gasteiger partial charge is 0.246 e. The second kappa shape index (κ2) is 19.7. The van der Waals surface area contributed by atoms with Gasteiger partial charge in [-0.3, -0.25) is 24.2 Å². The fourth-order valence-corrected chi connectivity index (χ4v) is 9.46. The lowest BCUT2D eigenvalue weighted by atomic mass is 9.44. The van der Waals surface area contributed by atoms with Crippen molar-refractivity contribution in [1.82, 2.24) is 20.5 Å². The number of hydrogen-bond acceptors (Lipinski definition) is 9. The van der Waals surface area contributed by atoms with Crippen molar-refractivity contribution in [1.29, 1.82) is 10.5 Å². The van der Waals surface area contributed by atoms with Gasteiger partial charge in [-0.1, -0.05) is 96.2 Å². The molecule has 1 saturated carbocycles. The Hall–Kier alpha value is -6.52. The normalized spacial score (nSPS) is 19.8. The van der Waals surface area contributed by atoms with Gasteiger partial charge in [-0.2, -0.15) is 10.5 Å². The lowest BCUT2D eigenvalue weighted by Gasteiger charge is -2.63. The van der Waals surface area contributed by atoms with Crippen LogP contribution in [0.3, 0.4) is 0 Å². The Bertz CT molecular complexity index is 2560.